The SMILES string of the molecule is Cc1cc(/C=C2\C(=O)NC(=O)N(c3ccc(Br)cc3)C2=O)c(C)n1-c1ccc(Br)c(Cl)c1. The van der Waals surface area contributed by atoms with Gasteiger partial charge in [-0.05, 0) is 89.9 Å². The van der Waals surface area contributed by atoms with E-state index in [-0.39, 0.29) is 5.57 Å². The maximum atomic E-state index is 13.1. The van der Waals surface area contributed by atoms with Crippen molar-refractivity contribution in [1.82, 2.24) is 9.88 Å². The van der Waals surface area contributed by atoms with Crippen LogP contribution in [0.15, 0.2) is 63.0 Å². The number of barbiturate groups is 1. The molecule has 6 nitrogen and oxygen atoms in total. The highest BCUT2D eigenvalue weighted by Crippen LogP contribution is 2.29. The average molecular weight is 578 g/mol. The lowest BCUT2D eigenvalue weighted by Gasteiger charge is -2.26. The molecular weight excluding hydrogens is 562 g/mol. The van der Waals surface area contributed by atoms with Crippen LogP contribution in [-0.4, -0.2) is 22.4 Å². The van der Waals surface area contributed by atoms with E-state index < -0.39 is 17.8 Å². The van der Waals surface area contributed by atoms with Gasteiger partial charge in [0, 0.05) is 26.0 Å². The molecule has 1 saturated heterocycles. The molecule has 0 saturated carbocycles. The Bertz CT molecular complexity index is 1310. The molecule has 0 aliphatic carbocycles. The number of aromatic nitrogens is 1. The Balaban J connectivity index is 1.76. The summed E-state index contributed by atoms with van der Waals surface area (Å²) in [5.41, 5.74) is 3.50. The molecule has 0 bridgehead atoms. The molecule has 32 heavy (non-hydrogen) atoms. The van der Waals surface area contributed by atoms with Crippen molar-refractivity contribution in [3.63, 3.8) is 0 Å². The Hall–Kier alpha value is -2.68. The summed E-state index contributed by atoms with van der Waals surface area (Å²) >= 11 is 13.0. The molecule has 0 unspecified atom stereocenters. The highest BCUT2D eigenvalue weighted by atomic mass is 79.9. The second kappa shape index (κ2) is 8.69. The predicted molar refractivity (Wildman–Crippen MR) is 131 cm³/mol. The molecule has 3 aromatic rings. The lowest BCUT2D eigenvalue weighted by Crippen LogP contribution is -2.54. The van der Waals surface area contributed by atoms with Crippen molar-refractivity contribution in [2.45, 2.75) is 13.8 Å². The van der Waals surface area contributed by atoms with Crippen LogP contribution in [0, 0.1) is 13.8 Å². The highest BCUT2D eigenvalue weighted by molar-refractivity contribution is 9.10. The van der Waals surface area contributed by atoms with E-state index in [4.69, 9.17) is 11.6 Å². The lowest BCUT2D eigenvalue weighted by molar-refractivity contribution is -0.122. The Kier molecular flexibility index (Phi) is 6.11. The van der Waals surface area contributed by atoms with Gasteiger partial charge in [0.05, 0.1) is 10.7 Å². The van der Waals surface area contributed by atoms with Gasteiger partial charge >= 0.3 is 6.03 Å². The van der Waals surface area contributed by atoms with Crippen LogP contribution in [0.1, 0.15) is 17.0 Å². The summed E-state index contributed by atoms with van der Waals surface area (Å²) < 4.78 is 3.57. The van der Waals surface area contributed by atoms with Crippen LogP contribution in [0.25, 0.3) is 11.8 Å². The molecule has 162 valence electrons. The molecular formula is C23H16Br2ClN3O3. The van der Waals surface area contributed by atoms with Crippen molar-refractivity contribution in [3.8, 4) is 5.69 Å². The summed E-state index contributed by atoms with van der Waals surface area (Å²) in [4.78, 5) is 39.0. The van der Waals surface area contributed by atoms with Gasteiger partial charge in [0.15, 0.2) is 0 Å². The number of rotatable bonds is 3. The lowest BCUT2D eigenvalue weighted by atomic mass is 10.1. The number of urea groups is 1. The summed E-state index contributed by atoms with van der Waals surface area (Å²) in [7, 11) is 0. The van der Waals surface area contributed by atoms with Gasteiger partial charge < -0.3 is 4.57 Å². The molecule has 0 spiro atoms. The van der Waals surface area contributed by atoms with Crippen molar-refractivity contribution < 1.29 is 14.4 Å². The molecule has 2 aromatic carbocycles. The van der Waals surface area contributed by atoms with Gasteiger partial charge in [0.1, 0.15) is 5.57 Å². The summed E-state index contributed by atoms with van der Waals surface area (Å²) in [6, 6.07) is 13.4. The third kappa shape index (κ3) is 4.05. The normalized spacial score (nSPS) is 15.5. The van der Waals surface area contributed by atoms with E-state index in [1.807, 2.05) is 42.7 Å². The predicted octanol–water partition coefficient (Wildman–Crippen LogP) is 5.94. The van der Waals surface area contributed by atoms with Crippen molar-refractivity contribution in [2.24, 2.45) is 0 Å². The van der Waals surface area contributed by atoms with Crippen LogP contribution in [0.5, 0.6) is 0 Å². The van der Waals surface area contributed by atoms with Crippen LogP contribution in [-0.2, 0) is 9.59 Å². The molecule has 1 aliphatic heterocycles. The summed E-state index contributed by atoms with van der Waals surface area (Å²) in [6.45, 7) is 3.81. The topological polar surface area (TPSA) is 71.4 Å². The van der Waals surface area contributed by atoms with E-state index in [0.717, 1.165) is 30.9 Å². The number of carbonyl (C=O) groups is 3. The Morgan fingerprint density at radius 1 is 0.938 bits per heavy atom. The molecule has 1 fully saturated rings. The van der Waals surface area contributed by atoms with Crippen molar-refractivity contribution in [3.05, 3.63) is 85.0 Å². The van der Waals surface area contributed by atoms with Gasteiger partial charge in [-0.3, -0.25) is 14.9 Å². The van der Waals surface area contributed by atoms with Crippen LogP contribution in [0.3, 0.4) is 0 Å². The van der Waals surface area contributed by atoms with Crippen LogP contribution >= 0.6 is 43.5 Å². The zero-order chi connectivity index (χ0) is 23.2. The zero-order valence-electron chi connectivity index (χ0n) is 16.9. The molecule has 9 heteroatoms. The summed E-state index contributed by atoms with van der Waals surface area (Å²) in [5, 5.41) is 2.82. The molecule has 4 amide bonds. The van der Waals surface area contributed by atoms with Crippen LogP contribution in [0.4, 0.5) is 10.5 Å². The van der Waals surface area contributed by atoms with Gasteiger partial charge in [-0.25, -0.2) is 9.69 Å². The zero-order valence-corrected chi connectivity index (χ0v) is 20.9. The first-order valence-electron chi connectivity index (χ1n) is 9.49. The first-order valence-corrected chi connectivity index (χ1v) is 11.4. The second-order valence-electron chi connectivity index (χ2n) is 7.19. The molecule has 0 radical (unpaired) electrons. The number of carbonyl (C=O) groups excluding carboxylic acids is 3. The molecule has 0 atom stereocenters. The number of hydrogen-bond donors (Lipinski definition) is 1. The summed E-state index contributed by atoms with van der Waals surface area (Å²) in [5.74, 6) is -1.41. The number of imide groups is 2. The second-order valence-corrected chi connectivity index (χ2v) is 9.37. The first kappa shape index (κ1) is 22.5. The smallest absolute Gasteiger partial charge is 0.318 e. The quantitative estimate of drug-likeness (QED) is 0.310. The molecule has 4 rings (SSSR count). The van der Waals surface area contributed by atoms with Crippen molar-refractivity contribution >= 4 is 73.1 Å². The van der Waals surface area contributed by atoms with Gasteiger partial charge in [-0.2, -0.15) is 0 Å². The van der Waals surface area contributed by atoms with E-state index in [1.54, 1.807) is 24.3 Å². The van der Waals surface area contributed by atoms with Crippen LogP contribution < -0.4 is 10.2 Å². The third-order valence-electron chi connectivity index (χ3n) is 5.12. The maximum Gasteiger partial charge on any atom is 0.335 e. The monoisotopic (exact) mass is 575 g/mol. The Labute approximate surface area is 206 Å². The number of nitrogens with one attached hydrogen (secondary N) is 1. The van der Waals surface area contributed by atoms with E-state index in [0.29, 0.717) is 16.3 Å². The number of hydrogen-bond acceptors (Lipinski definition) is 3. The Morgan fingerprint density at radius 2 is 1.59 bits per heavy atom. The first-order chi connectivity index (χ1) is 15.2. The van der Waals surface area contributed by atoms with E-state index >= 15 is 0 Å². The van der Waals surface area contributed by atoms with Gasteiger partial charge in [0.25, 0.3) is 11.8 Å². The minimum absolute atomic E-state index is 0.124. The largest absolute Gasteiger partial charge is 0.335 e. The van der Waals surface area contributed by atoms with E-state index in [9.17, 15) is 14.4 Å². The minimum Gasteiger partial charge on any atom is -0.318 e. The highest BCUT2D eigenvalue weighted by Gasteiger charge is 2.37. The average Bonchev–Trinajstić information content (AvgIpc) is 3.01. The number of benzene rings is 2. The van der Waals surface area contributed by atoms with E-state index in [1.165, 1.54) is 6.08 Å². The Morgan fingerprint density at radius 3 is 2.25 bits per heavy atom. The molecule has 1 N–H and O–H groups in total. The van der Waals surface area contributed by atoms with Crippen LogP contribution in [0.2, 0.25) is 5.02 Å². The number of halogens is 3. The molecule has 1 aromatic heterocycles. The minimum atomic E-state index is -0.783. The number of anilines is 1. The van der Waals surface area contributed by atoms with Crippen molar-refractivity contribution in [1.29, 1.82) is 0 Å². The van der Waals surface area contributed by atoms with Gasteiger partial charge in [0.2, 0.25) is 0 Å². The standard InChI is InChI=1S/C23H16Br2ClN3O3/c1-12-9-14(13(2)28(12)17-7-8-19(25)20(26)11-17)10-18-21(30)27-23(32)29(22(18)31)16-5-3-15(24)4-6-16/h3-11H,1-2H3,(H,27,30,32)/b18-10+. The third-order valence-corrected chi connectivity index (χ3v) is 6.88. The fourth-order valence-corrected chi connectivity index (χ4v) is 4.28. The van der Waals surface area contributed by atoms with Gasteiger partial charge in [-0.1, -0.05) is 27.5 Å². The van der Waals surface area contributed by atoms with E-state index in [2.05, 4.69) is 37.2 Å². The van der Waals surface area contributed by atoms with Gasteiger partial charge in [-0.15, -0.1) is 0 Å². The molecule has 1 aliphatic rings. The maximum absolute atomic E-state index is 13.1. The fourth-order valence-electron chi connectivity index (χ4n) is 3.59. The number of nitrogens with zero attached hydrogens (tertiary/aromatic N) is 2. The number of aryl methyl sites for hydroxylation is 1. The van der Waals surface area contributed by atoms with Crippen molar-refractivity contribution in [2.75, 3.05) is 4.90 Å². The number of amides is 4. The fraction of sp³-hybridized carbons (Fsp3) is 0.0870. The molecule has 2 heterocycles. The summed E-state index contributed by atoms with van der Waals surface area (Å²) in [6.07, 6.45) is 1.51.